The fourth-order valence-corrected chi connectivity index (χ4v) is 3.81. The van der Waals surface area contributed by atoms with Crippen molar-refractivity contribution in [3.63, 3.8) is 0 Å². The van der Waals surface area contributed by atoms with Crippen molar-refractivity contribution in [2.75, 3.05) is 13.2 Å². The normalized spacial score (nSPS) is 14.6. The predicted molar refractivity (Wildman–Crippen MR) is 129 cm³/mol. The molecule has 0 radical (unpaired) electrons. The second kappa shape index (κ2) is 11.2. The number of rotatable bonds is 9. The maximum absolute atomic E-state index is 12.3. The third-order valence-electron chi connectivity index (χ3n) is 6.02. The lowest BCUT2D eigenvalue weighted by Crippen LogP contribution is -2.39. The number of carbonyl (C=O) groups excluding carboxylic acids is 1. The Bertz CT molecular complexity index is 1110. The van der Waals surface area contributed by atoms with Crippen molar-refractivity contribution < 1.29 is 36.9 Å². The molecule has 2 aromatic carbocycles. The van der Waals surface area contributed by atoms with Crippen molar-refractivity contribution >= 4 is 5.97 Å². The number of halogens is 3. The van der Waals surface area contributed by atoms with Crippen LogP contribution in [0.4, 0.5) is 13.2 Å². The number of carbonyl (C=O) groups is 1. The van der Waals surface area contributed by atoms with Gasteiger partial charge in [0.2, 0.25) is 0 Å². The number of hydrogen-bond acceptors (Lipinski definition) is 5. The third-order valence-corrected chi connectivity index (χ3v) is 6.02. The predicted octanol–water partition coefficient (Wildman–Crippen LogP) is 6.61. The molecule has 0 aliphatic heterocycles. The van der Waals surface area contributed by atoms with E-state index in [0.29, 0.717) is 30.1 Å². The van der Waals surface area contributed by atoms with Gasteiger partial charge in [0.25, 0.3) is 0 Å². The standard InChI is InChI=1S/C28H31F3O5/c1-5-33-25(32)26(3,4)36-24-14-13-23(18-20(24)2)34-19-27(16-7-17-27)15-6-8-21-9-11-22(12-10-21)35-28(29,30)31/h9-14,18H,5,7,15-17,19H2,1-4H3. The van der Waals surface area contributed by atoms with E-state index < -0.39 is 17.9 Å². The SMILES string of the molecule is CCOC(=O)C(C)(C)Oc1ccc(OCC2(CC#Cc3ccc(OC(F)(F)F)cc3)CCC2)cc1C. The lowest BCUT2D eigenvalue weighted by molar-refractivity contribution is -0.274. The number of esters is 1. The lowest BCUT2D eigenvalue weighted by atomic mass is 9.67. The Kier molecular flexibility index (Phi) is 8.44. The molecular formula is C28H31F3O5. The van der Waals surface area contributed by atoms with Crippen LogP contribution in [0.2, 0.25) is 0 Å². The van der Waals surface area contributed by atoms with E-state index in [1.807, 2.05) is 19.1 Å². The zero-order chi connectivity index (χ0) is 26.4. The summed E-state index contributed by atoms with van der Waals surface area (Å²) in [6.45, 7) is 7.77. The smallest absolute Gasteiger partial charge is 0.493 e. The molecule has 1 aliphatic rings. The van der Waals surface area contributed by atoms with E-state index in [-0.39, 0.29) is 17.8 Å². The summed E-state index contributed by atoms with van der Waals surface area (Å²) in [4.78, 5) is 12.1. The minimum absolute atomic E-state index is 0.0543. The van der Waals surface area contributed by atoms with Crippen LogP contribution in [0.15, 0.2) is 42.5 Å². The fraction of sp³-hybridized carbons (Fsp3) is 0.464. The first kappa shape index (κ1) is 27.3. The molecule has 0 spiro atoms. The van der Waals surface area contributed by atoms with Gasteiger partial charge in [-0.15, -0.1) is 13.2 Å². The van der Waals surface area contributed by atoms with Gasteiger partial charge in [0.1, 0.15) is 17.2 Å². The van der Waals surface area contributed by atoms with Crippen molar-refractivity contribution in [2.45, 2.75) is 65.3 Å². The summed E-state index contributed by atoms with van der Waals surface area (Å²) in [5.41, 5.74) is 0.298. The Morgan fingerprint density at radius 3 is 2.25 bits per heavy atom. The highest BCUT2D eigenvalue weighted by Crippen LogP contribution is 2.44. The molecule has 0 bridgehead atoms. The molecule has 0 atom stereocenters. The highest BCUT2D eigenvalue weighted by atomic mass is 19.4. The molecule has 1 aliphatic carbocycles. The molecule has 0 N–H and O–H groups in total. The highest BCUT2D eigenvalue weighted by molar-refractivity contribution is 5.79. The Morgan fingerprint density at radius 1 is 1.03 bits per heavy atom. The van der Waals surface area contributed by atoms with Crippen molar-refractivity contribution in [1.82, 2.24) is 0 Å². The first-order valence-electron chi connectivity index (χ1n) is 11.9. The van der Waals surface area contributed by atoms with Crippen molar-refractivity contribution in [1.29, 1.82) is 0 Å². The average molecular weight is 505 g/mol. The molecule has 0 unspecified atom stereocenters. The molecule has 0 heterocycles. The zero-order valence-electron chi connectivity index (χ0n) is 21.0. The first-order chi connectivity index (χ1) is 16.9. The summed E-state index contributed by atoms with van der Waals surface area (Å²) in [6.07, 6.45) is -0.998. The molecule has 0 aromatic heterocycles. The summed E-state index contributed by atoms with van der Waals surface area (Å²) >= 11 is 0. The van der Waals surface area contributed by atoms with Crippen LogP contribution in [-0.2, 0) is 9.53 Å². The Labute approximate surface area is 209 Å². The van der Waals surface area contributed by atoms with E-state index in [2.05, 4.69) is 16.6 Å². The molecule has 194 valence electrons. The molecule has 8 heteroatoms. The second-order valence-corrected chi connectivity index (χ2v) is 9.45. The van der Waals surface area contributed by atoms with Gasteiger partial charge in [-0.05, 0) is 88.6 Å². The maximum Gasteiger partial charge on any atom is 0.573 e. The van der Waals surface area contributed by atoms with Crippen LogP contribution in [0.3, 0.4) is 0 Å². The van der Waals surface area contributed by atoms with Gasteiger partial charge in [-0.3, -0.25) is 0 Å². The van der Waals surface area contributed by atoms with Gasteiger partial charge >= 0.3 is 12.3 Å². The summed E-state index contributed by atoms with van der Waals surface area (Å²) in [5.74, 6) is 6.76. The average Bonchev–Trinajstić information content (AvgIpc) is 2.77. The Balaban J connectivity index is 1.57. The van der Waals surface area contributed by atoms with Gasteiger partial charge in [-0.1, -0.05) is 18.3 Å². The monoisotopic (exact) mass is 504 g/mol. The largest absolute Gasteiger partial charge is 0.573 e. The van der Waals surface area contributed by atoms with Crippen molar-refractivity contribution in [2.24, 2.45) is 5.41 Å². The molecule has 0 amide bonds. The molecule has 5 nitrogen and oxygen atoms in total. The van der Waals surface area contributed by atoms with Crippen LogP contribution in [0.25, 0.3) is 0 Å². The van der Waals surface area contributed by atoms with Crippen LogP contribution < -0.4 is 14.2 Å². The van der Waals surface area contributed by atoms with Crippen LogP contribution in [-0.4, -0.2) is 31.1 Å². The molecule has 1 fully saturated rings. The second-order valence-electron chi connectivity index (χ2n) is 9.45. The summed E-state index contributed by atoms with van der Waals surface area (Å²) in [7, 11) is 0. The van der Waals surface area contributed by atoms with Gasteiger partial charge in [-0.2, -0.15) is 0 Å². The van der Waals surface area contributed by atoms with E-state index in [9.17, 15) is 18.0 Å². The summed E-state index contributed by atoms with van der Waals surface area (Å²) < 4.78 is 57.8. The van der Waals surface area contributed by atoms with Crippen LogP contribution >= 0.6 is 0 Å². The molecule has 0 saturated heterocycles. The van der Waals surface area contributed by atoms with E-state index in [1.165, 1.54) is 24.3 Å². The minimum atomic E-state index is -4.71. The quantitative estimate of drug-likeness (QED) is 0.284. The van der Waals surface area contributed by atoms with Crippen LogP contribution in [0.1, 0.15) is 57.6 Å². The van der Waals surface area contributed by atoms with E-state index >= 15 is 0 Å². The number of hydrogen-bond donors (Lipinski definition) is 0. The van der Waals surface area contributed by atoms with Gasteiger partial charge < -0.3 is 18.9 Å². The summed E-state index contributed by atoms with van der Waals surface area (Å²) in [5, 5.41) is 0. The van der Waals surface area contributed by atoms with Gasteiger partial charge in [0, 0.05) is 17.4 Å². The Morgan fingerprint density at radius 2 is 1.69 bits per heavy atom. The number of ether oxygens (including phenoxy) is 4. The minimum Gasteiger partial charge on any atom is -0.493 e. The van der Waals surface area contributed by atoms with Gasteiger partial charge in [0.15, 0.2) is 5.60 Å². The summed E-state index contributed by atoms with van der Waals surface area (Å²) in [6, 6.07) is 11.0. The van der Waals surface area contributed by atoms with E-state index in [0.717, 1.165) is 24.8 Å². The van der Waals surface area contributed by atoms with Gasteiger partial charge in [-0.25, -0.2) is 4.79 Å². The third kappa shape index (κ3) is 7.58. The Hall–Kier alpha value is -3.34. The van der Waals surface area contributed by atoms with E-state index in [1.54, 1.807) is 26.8 Å². The zero-order valence-corrected chi connectivity index (χ0v) is 21.0. The lowest BCUT2D eigenvalue weighted by Gasteiger charge is -2.40. The maximum atomic E-state index is 12.3. The highest BCUT2D eigenvalue weighted by Gasteiger charge is 2.37. The van der Waals surface area contributed by atoms with E-state index in [4.69, 9.17) is 14.2 Å². The number of alkyl halides is 3. The molecular weight excluding hydrogens is 473 g/mol. The number of aryl methyl sites for hydroxylation is 1. The molecule has 36 heavy (non-hydrogen) atoms. The van der Waals surface area contributed by atoms with Crippen LogP contribution in [0.5, 0.6) is 17.2 Å². The van der Waals surface area contributed by atoms with Crippen molar-refractivity contribution in [3.8, 4) is 29.1 Å². The fourth-order valence-electron chi connectivity index (χ4n) is 3.81. The number of benzene rings is 2. The van der Waals surface area contributed by atoms with Crippen molar-refractivity contribution in [3.05, 3.63) is 53.6 Å². The first-order valence-corrected chi connectivity index (χ1v) is 11.9. The molecule has 2 aromatic rings. The van der Waals surface area contributed by atoms with Gasteiger partial charge in [0.05, 0.1) is 13.2 Å². The topological polar surface area (TPSA) is 54.0 Å². The molecule has 3 rings (SSSR count). The van der Waals surface area contributed by atoms with Crippen LogP contribution in [0, 0.1) is 24.2 Å². The molecule has 1 saturated carbocycles.